The number of thiazole rings is 1. The number of aryl methyl sites for hydroxylation is 2. The van der Waals surface area contributed by atoms with E-state index < -0.39 is 17.7 Å². The van der Waals surface area contributed by atoms with Crippen LogP contribution in [0.3, 0.4) is 0 Å². The van der Waals surface area contributed by atoms with Gasteiger partial charge in [0.1, 0.15) is 11.3 Å². The van der Waals surface area contributed by atoms with E-state index in [1.165, 1.54) is 16.2 Å². The van der Waals surface area contributed by atoms with Crippen LogP contribution in [0.4, 0.5) is 5.13 Å². The van der Waals surface area contributed by atoms with Crippen molar-refractivity contribution < 1.29 is 24.2 Å². The van der Waals surface area contributed by atoms with Gasteiger partial charge in [0.05, 0.1) is 30.5 Å². The molecule has 0 spiro atoms. The summed E-state index contributed by atoms with van der Waals surface area (Å²) in [6.45, 7) is 8.64. The molecule has 1 aromatic carbocycles. The number of hydrogen-bond acceptors (Lipinski definition) is 8. The number of aromatic nitrogens is 3. The number of unbranched alkanes of at least 4 members (excludes halogenated alkanes) is 1. The van der Waals surface area contributed by atoms with Gasteiger partial charge in [-0.15, -0.1) is 11.3 Å². The van der Waals surface area contributed by atoms with Crippen LogP contribution >= 0.6 is 11.3 Å². The third-order valence-electron chi connectivity index (χ3n) is 6.72. The molecule has 4 aromatic rings. The van der Waals surface area contributed by atoms with Crippen LogP contribution in [-0.2, 0) is 9.59 Å². The van der Waals surface area contributed by atoms with Crippen molar-refractivity contribution in [2.45, 2.75) is 46.6 Å². The lowest BCUT2D eigenvalue weighted by Crippen LogP contribution is -2.29. The molecule has 0 saturated carbocycles. The van der Waals surface area contributed by atoms with Gasteiger partial charge in [-0.25, -0.2) is 9.97 Å². The van der Waals surface area contributed by atoms with Gasteiger partial charge in [0.2, 0.25) is 0 Å². The molecule has 5 rings (SSSR count). The first-order valence-corrected chi connectivity index (χ1v) is 13.8. The minimum Gasteiger partial charge on any atom is -0.505 e. The molecule has 10 heteroatoms. The lowest BCUT2D eigenvalue weighted by Gasteiger charge is -2.24. The molecule has 39 heavy (non-hydrogen) atoms. The summed E-state index contributed by atoms with van der Waals surface area (Å²) < 4.78 is 13.7. The van der Waals surface area contributed by atoms with Gasteiger partial charge in [-0.05, 0) is 56.5 Å². The number of aliphatic hydroxyl groups is 1. The molecule has 1 atom stereocenters. The van der Waals surface area contributed by atoms with E-state index in [4.69, 9.17) is 9.47 Å². The number of carbonyl (C=O) groups is 2. The Bertz CT molecular complexity index is 1570. The second kappa shape index (κ2) is 10.9. The number of rotatable bonds is 9. The van der Waals surface area contributed by atoms with Crippen LogP contribution in [0.1, 0.15) is 55.2 Å². The monoisotopic (exact) mass is 546 g/mol. The van der Waals surface area contributed by atoms with Crippen molar-refractivity contribution in [3.8, 4) is 11.5 Å². The summed E-state index contributed by atoms with van der Waals surface area (Å²) in [5, 5.41) is 13.7. The predicted molar refractivity (Wildman–Crippen MR) is 150 cm³/mol. The Morgan fingerprint density at radius 2 is 1.95 bits per heavy atom. The van der Waals surface area contributed by atoms with Gasteiger partial charge in [0, 0.05) is 17.8 Å². The van der Waals surface area contributed by atoms with E-state index in [-0.39, 0.29) is 17.0 Å². The number of imidazole rings is 1. The summed E-state index contributed by atoms with van der Waals surface area (Å²) in [6.07, 6.45) is 5.31. The van der Waals surface area contributed by atoms with Crippen molar-refractivity contribution in [2.75, 3.05) is 18.1 Å². The molecule has 1 fully saturated rings. The number of carbonyl (C=O) groups excluding carboxylic acids is 2. The number of pyridine rings is 1. The minimum atomic E-state index is -0.939. The summed E-state index contributed by atoms with van der Waals surface area (Å²) in [6, 6.07) is 8.20. The molecule has 0 bridgehead atoms. The normalized spacial score (nSPS) is 16.8. The third kappa shape index (κ3) is 4.65. The largest absolute Gasteiger partial charge is 0.505 e. The summed E-state index contributed by atoms with van der Waals surface area (Å²) in [5.74, 6) is -0.834. The number of ketones is 1. The van der Waals surface area contributed by atoms with Gasteiger partial charge in [-0.2, -0.15) is 0 Å². The van der Waals surface area contributed by atoms with E-state index in [0.29, 0.717) is 46.7 Å². The summed E-state index contributed by atoms with van der Waals surface area (Å²) in [4.78, 5) is 37.2. The first-order chi connectivity index (χ1) is 18.9. The SMILES string of the molecule is CCCCOc1ccc(C2C(=C(O)c3nc4c(C)cccn4c3C)C(=O)C(=O)N2c2nccs2)cc1OCC. The zero-order chi connectivity index (χ0) is 27.7. The van der Waals surface area contributed by atoms with E-state index in [2.05, 4.69) is 16.9 Å². The topological polar surface area (TPSA) is 106 Å². The number of Topliss-reactive ketones (excluding diaryl/α,β-unsaturated/α-hetero) is 1. The zero-order valence-electron chi connectivity index (χ0n) is 22.3. The number of ether oxygens (including phenoxy) is 2. The summed E-state index contributed by atoms with van der Waals surface area (Å²) >= 11 is 1.24. The van der Waals surface area contributed by atoms with Crippen LogP contribution in [-0.4, -0.2) is 44.4 Å². The van der Waals surface area contributed by atoms with Crippen molar-refractivity contribution in [1.82, 2.24) is 14.4 Å². The predicted octanol–water partition coefficient (Wildman–Crippen LogP) is 5.61. The molecule has 9 nitrogen and oxygen atoms in total. The Hall–Kier alpha value is -4.18. The standard InChI is InChI=1S/C29H30N4O5S/c1-5-7-14-38-20-11-10-19(16-21(20)37-6-2)24-22(26(35)28(36)33(24)29-30-12-15-39-29)25(34)23-18(4)32-13-8-9-17(3)27(32)31-23/h8-13,15-16,24,34H,5-7,14H2,1-4H3. The molecule has 1 N–H and O–H groups in total. The first kappa shape index (κ1) is 26.4. The molecule has 202 valence electrons. The van der Waals surface area contributed by atoms with Crippen molar-refractivity contribution in [3.63, 3.8) is 0 Å². The Labute approximate surface area is 230 Å². The minimum absolute atomic E-state index is 0.0542. The third-order valence-corrected chi connectivity index (χ3v) is 7.49. The first-order valence-electron chi connectivity index (χ1n) is 12.9. The van der Waals surface area contributed by atoms with E-state index in [1.54, 1.807) is 29.8 Å². The number of benzene rings is 1. The van der Waals surface area contributed by atoms with Crippen molar-refractivity contribution in [2.24, 2.45) is 0 Å². The molecule has 1 saturated heterocycles. The van der Waals surface area contributed by atoms with Crippen LogP contribution in [0.2, 0.25) is 0 Å². The van der Waals surface area contributed by atoms with Gasteiger partial charge in [-0.1, -0.05) is 25.5 Å². The molecule has 4 heterocycles. The highest BCUT2D eigenvalue weighted by Gasteiger charge is 2.48. The molecule has 0 aliphatic carbocycles. The highest BCUT2D eigenvalue weighted by Crippen LogP contribution is 2.45. The summed E-state index contributed by atoms with van der Waals surface area (Å²) in [7, 11) is 0. The van der Waals surface area contributed by atoms with Crippen molar-refractivity contribution in [3.05, 3.63) is 76.2 Å². The van der Waals surface area contributed by atoms with E-state index in [1.807, 2.05) is 43.5 Å². The fourth-order valence-corrected chi connectivity index (χ4v) is 5.43. The average molecular weight is 547 g/mol. The highest BCUT2D eigenvalue weighted by molar-refractivity contribution is 7.14. The Morgan fingerprint density at radius 1 is 1.13 bits per heavy atom. The summed E-state index contributed by atoms with van der Waals surface area (Å²) in [5.41, 5.74) is 3.00. The van der Waals surface area contributed by atoms with Crippen LogP contribution in [0, 0.1) is 13.8 Å². The molecular formula is C29H30N4O5S. The second-order valence-corrected chi connectivity index (χ2v) is 10.1. The number of fused-ring (bicyclic) bond motifs is 1. The van der Waals surface area contributed by atoms with Gasteiger partial charge >= 0.3 is 5.91 Å². The maximum Gasteiger partial charge on any atom is 0.301 e. The molecule has 3 aromatic heterocycles. The number of amides is 1. The van der Waals surface area contributed by atoms with Gasteiger partial charge in [0.25, 0.3) is 5.78 Å². The van der Waals surface area contributed by atoms with Gasteiger partial charge in [-0.3, -0.25) is 14.5 Å². The molecule has 0 radical (unpaired) electrons. The number of anilines is 1. The number of aliphatic hydroxyl groups excluding tert-OH is 1. The van der Waals surface area contributed by atoms with Crippen LogP contribution in [0.5, 0.6) is 11.5 Å². The number of hydrogen-bond donors (Lipinski definition) is 1. The fraction of sp³-hybridized carbons (Fsp3) is 0.310. The fourth-order valence-electron chi connectivity index (χ4n) is 4.76. The molecule has 1 unspecified atom stereocenters. The number of nitrogens with zero attached hydrogens (tertiary/aromatic N) is 4. The lowest BCUT2D eigenvalue weighted by atomic mass is 9.96. The quantitative estimate of drug-likeness (QED) is 0.126. The maximum absolute atomic E-state index is 13.5. The average Bonchev–Trinajstić information content (AvgIpc) is 3.63. The smallest absolute Gasteiger partial charge is 0.301 e. The van der Waals surface area contributed by atoms with Gasteiger partial charge < -0.3 is 19.0 Å². The zero-order valence-corrected chi connectivity index (χ0v) is 23.1. The molecular weight excluding hydrogens is 516 g/mol. The van der Waals surface area contributed by atoms with Crippen molar-refractivity contribution >= 4 is 39.6 Å². The van der Waals surface area contributed by atoms with E-state index in [9.17, 15) is 14.7 Å². The van der Waals surface area contributed by atoms with E-state index >= 15 is 0 Å². The lowest BCUT2D eigenvalue weighted by molar-refractivity contribution is -0.132. The Kier molecular flexibility index (Phi) is 7.38. The Balaban J connectivity index is 1.70. The molecule has 1 aliphatic heterocycles. The Morgan fingerprint density at radius 3 is 2.64 bits per heavy atom. The highest BCUT2D eigenvalue weighted by atomic mass is 32.1. The van der Waals surface area contributed by atoms with Gasteiger partial charge in [0.15, 0.2) is 22.4 Å². The molecule has 1 amide bonds. The maximum atomic E-state index is 13.5. The van der Waals surface area contributed by atoms with Crippen molar-refractivity contribution in [1.29, 1.82) is 0 Å². The molecule has 1 aliphatic rings. The van der Waals surface area contributed by atoms with E-state index in [0.717, 1.165) is 18.4 Å². The van der Waals surface area contributed by atoms with Crippen LogP contribution in [0.25, 0.3) is 11.4 Å². The van der Waals surface area contributed by atoms with Crippen LogP contribution in [0.15, 0.2) is 53.7 Å². The second-order valence-electron chi connectivity index (χ2n) is 9.26. The van der Waals surface area contributed by atoms with Crippen LogP contribution < -0.4 is 14.4 Å².